The highest BCUT2D eigenvalue weighted by Crippen LogP contribution is 2.42. The summed E-state index contributed by atoms with van der Waals surface area (Å²) in [6, 6.07) is 0. The van der Waals surface area contributed by atoms with Gasteiger partial charge in [0.1, 0.15) is 10.1 Å². The van der Waals surface area contributed by atoms with Gasteiger partial charge in [0, 0.05) is 38.0 Å². The van der Waals surface area contributed by atoms with Crippen molar-refractivity contribution >= 4 is 47.0 Å². The molecule has 0 N–H and O–H groups in total. The maximum Gasteiger partial charge on any atom is 0.134 e. The Morgan fingerprint density at radius 1 is 0.765 bits per heavy atom. The summed E-state index contributed by atoms with van der Waals surface area (Å²) >= 11 is 6.73. The van der Waals surface area contributed by atoms with Crippen LogP contribution in [0, 0.1) is 17.8 Å². The highest BCUT2D eigenvalue weighted by atomic mass is 32.2. The molecular formula is C24H36N6S4. The molecule has 6 atom stereocenters. The molecule has 6 heterocycles. The fourth-order valence-electron chi connectivity index (χ4n) is 6.53. The molecule has 0 spiro atoms. The van der Waals surface area contributed by atoms with Gasteiger partial charge in [-0.25, -0.2) is 0 Å². The predicted molar refractivity (Wildman–Crippen MR) is 143 cm³/mol. The van der Waals surface area contributed by atoms with Gasteiger partial charge in [-0.3, -0.25) is 0 Å². The van der Waals surface area contributed by atoms with Crippen LogP contribution in [0.2, 0.25) is 0 Å². The molecule has 10 heteroatoms. The van der Waals surface area contributed by atoms with Gasteiger partial charge in [-0.2, -0.15) is 17.5 Å². The standard InChI is InChI=1S/C24H36N6S4/c1-16(6-10-31-23-21(25-33-27-23)19-14-29-8-2-4-17(19)12-29)7-11-32-24-22(26-34-28-24)20-15-30-9-3-5-18(20)13-30/h16-20H,2-15H2,1H3/t17-,18-,19-,20-/m0/s1. The van der Waals surface area contributed by atoms with Crippen molar-refractivity contribution < 1.29 is 0 Å². The minimum atomic E-state index is 0.620. The number of fused-ring (bicyclic) bond motifs is 4. The number of piperidine rings is 2. The maximum atomic E-state index is 4.76. The normalized spacial score (nSPS) is 33.4. The number of nitrogens with zero attached hydrogens (tertiary/aromatic N) is 6. The van der Waals surface area contributed by atoms with Crippen LogP contribution in [-0.4, -0.2) is 78.1 Å². The summed E-state index contributed by atoms with van der Waals surface area (Å²) in [6.07, 6.45) is 7.93. The lowest BCUT2D eigenvalue weighted by molar-refractivity contribution is 0.269. The fraction of sp³-hybridized carbons (Fsp3) is 0.833. The van der Waals surface area contributed by atoms with E-state index in [2.05, 4.69) is 16.7 Å². The van der Waals surface area contributed by atoms with Crippen LogP contribution in [0.15, 0.2) is 10.1 Å². The van der Waals surface area contributed by atoms with Gasteiger partial charge >= 0.3 is 0 Å². The van der Waals surface area contributed by atoms with Crippen LogP contribution in [0.3, 0.4) is 0 Å². The van der Waals surface area contributed by atoms with Gasteiger partial charge in [0.15, 0.2) is 0 Å². The van der Waals surface area contributed by atoms with Crippen molar-refractivity contribution in [2.24, 2.45) is 17.8 Å². The second kappa shape index (κ2) is 11.0. The third-order valence-electron chi connectivity index (χ3n) is 8.50. The Labute approximate surface area is 220 Å². The molecule has 4 saturated heterocycles. The molecule has 186 valence electrons. The first-order valence-corrected chi connectivity index (χ1v) is 16.5. The van der Waals surface area contributed by atoms with Gasteiger partial charge in [0.05, 0.1) is 34.8 Å². The minimum absolute atomic E-state index is 0.620. The molecule has 0 saturated carbocycles. The lowest BCUT2D eigenvalue weighted by Crippen LogP contribution is -2.25. The van der Waals surface area contributed by atoms with Gasteiger partial charge in [0.25, 0.3) is 0 Å². The van der Waals surface area contributed by atoms with Gasteiger partial charge < -0.3 is 9.80 Å². The fourth-order valence-corrected chi connectivity index (χ4v) is 10.4. The summed E-state index contributed by atoms with van der Waals surface area (Å²) < 4.78 is 18.9. The SMILES string of the molecule is CC(CCSc1nsnc1[C@H]1CN2CCC[C@H]1C2)CCSc1nsnc1[C@H]1CN2CCC[C@H]1C2. The summed E-state index contributed by atoms with van der Waals surface area (Å²) in [4.78, 5) is 5.26. The van der Waals surface area contributed by atoms with E-state index in [1.165, 1.54) is 123 Å². The summed E-state index contributed by atoms with van der Waals surface area (Å²) in [5, 5.41) is 2.45. The molecule has 0 aromatic carbocycles. The molecule has 6 nitrogen and oxygen atoms in total. The van der Waals surface area contributed by atoms with Crippen molar-refractivity contribution in [1.29, 1.82) is 0 Å². The highest BCUT2D eigenvalue weighted by Gasteiger charge is 2.40. The summed E-state index contributed by atoms with van der Waals surface area (Å²) in [7, 11) is 0. The van der Waals surface area contributed by atoms with E-state index in [-0.39, 0.29) is 0 Å². The van der Waals surface area contributed by atoms with E-state index >= 15 is 0 Å². The topological polar surface area (TPSA) is 58.0 Å². The van der Waals surface area contributed by atoms with E-state index in [9.17, 15) is 0 Å². The first-order valence-electron chi connectivity index (χ1n) is 13.1. The average molecular weight is 537 g/mol. The van der Waals surface area contributed by atoms with Crippen LogP contribution in [-0.2, 0) is 0 Å². The lowest BCUT2D eigenvalue weighted by atomic mass is 9.89. The molecule has 34 heavy (non-hydrogen) atoms. The third-order valence-corrected chi connectivity index (χ3v) is 11.8. The summed E-state index contributed by atoms with van der Waals surface area (Å²) in [6.45, 7) is 9.91. The van der Waals surface area contributed by atoms with E-state index in [0.29, 0.717) is 11.8 Å². The van der Waals surface area contributed by atoms with Crippen LogP contribution >= 0.6 is 47.0 Å². The van der Waals surface area contributed by atoms with E-state index in [1.54, 1.807) is 0 Å². The quantitative estimate of drug-likeness (QED) is 0.379. The van der Waals surface area contributed by atoms with Gasteiger partial charge in [-0.05, 0) is 80.9 Å². The van der Waals surface area contributed by atoms with Gasteiger partial charge in [-0.1, -0.05) is 6.92 Å². The van der Waals surface area contributed by atoms with Crippen LogP contribution in [0.1, 0.15) is 68.7 Å². The van der Waals surface area contributed by atoms with Crippen LogP contribution < -0.4 is 0 Å². The van der Waals surface area contributed by atoms with Crippen molar-refractivity contribution in [2.45, 2.75) is 67.3 Å². The monoisotopic (exact) mass is 536 g/mol. The zero-order chi connectivity index (χ0) is 22.9. The Morgan fingerprint density at radius 3 is 1.74 bits per heavy atom. The molecule has 0 radical (unpaired) electrons. The molecule has 4 fully saturated rings. The van der Waals surface area contributed by atoms with Gasteiger partial charge in [-0.15, -0.1) is 23.5 Å². The number of rotatable bonds is 10. The first kappa shape index (κ1) is 24.1. The maximum absolute atomic E-state index is 4.76. The second-order valence-corrected chi connectivity index (χ2v) is 14.0. The molecule has 4 bridgehead atoms. The minimum Gasteiger partial charge on any atom is -0.302 e. The van der Waals surface area contributed by atoms with Crippen molar-refractivity contribution in [3.8, 4) is 0 Å². The zero-order valence-electron chi connectivity index (χ0n) is 20.1. The molecule has 4 aliphatic heterocycles. The van der Waals surface area contributed by atoms with Crippen molar-refractivity contribution in [2.75, 3.05) is 50.8 Å². The molecular weight excluding hydrogens is 501 g/mol. The van der Waals surface area contributed by atoms with Crippen LogP contribution in [0.25, 0.3) is 0 Å². The van der Waals surface area contributed by atoms with Crippen molar-refractivity contribution in [3.63, 3.8) is 0 Å². The Kier molecular flexibility index (Phi) is 7.80. The number of hydrogen-bond donors (Lipinski definition) is 0. The largest absolute Gasteiger partial charge is 0.302 e. The number of hydrogen-bond acceptors (Lipinski definition) is 10. The van der Waals surface area contributed by atoms with Crippen LogP contribution in [0.4, 0.5) is 0 Å². The number of aromatic nitrogens is 4. The van der Waals surface area contributed by atoms with Gasteiger partial charge in [0.2, 0.25) is 0 Å². The zero-order valence-corrected chi connectivity index (χ0v) is 23.4. The first-order chi connectivity index (χ1) is 16.7. The molecule has 0 amide bonds. The molecule has 6 rings (SSSR count). The smallest absolute Gasteiger partial charge is 0.134 e. The van der Waals surface area contributed by atoms with E-state index in [0.717, 1.165) is 29.3 Å². The highest BCUT2D eigenvalue weighted by molar-refractivity contribution is 7.99. The second-order valence-electron chi connectivity index (χ2n) is 10.8. The predicted octanol–water partition coefficient (Wildman–Crippen LogP) is 5.31. The van der Waals surface area contributed by atoms with E-state index in [4.69, 9.17) is 17.5 Å². The Bertz CT molecular complexity index is 875. The lowest BCUT2D eigenvalue weighted by Gasteiger charge is -2.21. The molecule has 2 unspecified atom stereocenters. The molecule has 0 aliphatic carbocycles. The third kappa shape index (κ3) is 5.23. The molecule has 4 aliphatic rings. The van der Waals surface area contributed by atoms with Crippen molar-refractivity contribution in [3.05, 3.63) is 11.4 Å². The van der Waals surface area contributed by atoms with E-state index in [1.807, 2.05) is 23.5 Å². The molecule has 2 aromatic heterocycles. The van der Waals surface area contributed by atoms with Crippen LogP contribution in [0.5, 0.6) is 0 Å². The average Bonchev–Trinajstić information content (AvgIpc) is 3.61. The Morgan fingerprint density at radius 2 is 1.26 bits per heavy atom. The Balaban J connectivity index is 0.949. The van der Waals surface area contributed by atoms with Crippen molar-refractivity contribution in [1.82, 2.24) is 27.3 Å². The van der Waals surface area contributed by atoms with E-state index < -0.39 is 0 Å². The Hall–Kier alpha value is -0.260. The summed E-state index contributed by atoms with van der Waals surface area (Å²) in [5.74, 6) is 5.86. The summed E-state index contributed by atoms with van der Waals surface area (Å²) in [5.41, 5.74) is 2.62. The number of thioether (sulfide) groups is 2. The molecule has 2 aromatic rings.